The van der Waals surface area contributed by atoms with E-state index >= 15 is 0 Å². The molecular formula is C13H11ClF2N2O2S. The van der Waals surface area contributed by atoms with Gasteiger partial charge in [-0.25, -0.2) is 17.2 Å². The minimum atomic E-state index is -4.09. The summed E-state index contributed by atoms with van der Waals surface area (Å²) >= 11 is 5.75. The number of hydrogen-bond donors (Lipinski definition) is 2. The van der Waals surface area contributed by atoms with Crippen molar-refractivity contribution in [3.63, 3.8) is 0 Å². The van der Waals surface area contributed by atoms with Crippen molar-refractivity contribution in [3.8, 4) is 0 Å². The summed E-state index contributed by atoms with van der Waals surface area (Å²) in [5.41, 5.74) is 5.71. The molecule has 0 aliphatic carbocycles. The van der Waals surface area contributed by atoms with Crippen molar-refractivity contribution in [3.05, 3.63) is 52.6 Å². The lowest BCUT2D eigenvalue weighted by Crippen LogP contribution is -2.14. The van der Waals surface area contributed by atoms with Gasteiger partial charge >= 0.3 is 0 Å². The van der Waals surface area contributed by atoms with Gasteiger partial charge in [-0.05, 0) is 37.3 Å². The Morgan fingerprint density at radius 3 is 2.43 bits per heavy atom. The molecule has 0 fully saturated rings. The summed E-state index contributed by atoms with van der Waals surface area (Å²) < 4.78 is 53.0. The number of hydrogen-bond acceptors (Lipinski definition) is 3. The van der Waals surface area contributed by atoms with Crippen LogP contribution in [-0.4, -0.2) is 8.42 Å². The van der Waals surface area contributed by atoms with Crippen LogP contribution in [0.3, 0.4) is 0 Å². The predicted octanol–water partition coefficient (Wildman–Crippen LogP) is 3.31. The fraction of sp³-hybridized carbons (Fsp3) is 0.0769. The molecule has 0 saturated carbocycles. The third-order valence-corrected chi connectivity index (χ3v) is 4.50. The molecule has 0 saturated heterocycles. The van der Waals surface area contributed by atoms with Crippen LogP contribution >= 0.6 is 11.6 Å². The van der Waals surface area contributed by atoms with Gasteiger partial charge in [0.15, 0.2) is 0 Å². The number of rotatable bonds is 3. The lowest BCUT2D eigenvalue weighted by atomic mass is 10.2. The quantitative estimate of drug-likeness (QED) is 0.847. The first-order chi connectivity index (χ1) is 9.70. The van der Waals surface area contributed by atoms with Gasteiger partial charge in [-0.15, -0.1) is 0 Å². The topological polar surface area (TPSA) is 72.2 Å². The van der Waals surface area contributed by atoms with Crippen molar-refractivity contribution in [1.29, 1.82) is 0 Å². The van der Waals surface area contributed by atoms with Gasteiger partial charge in [0.2, 0.25) is 0 Å². The zero-order chi connectivity index (χ0) is 15.8. The third kappa shape index (κ3) is 3.25. The Labute approximate surface area is 125 Å². The number of sulfonamides is 1. The van der Waals surface area contributed by atoms with Crippen molar-refractivity contribution in [2.45, 2.75) is 11.8 Å². The highest BCUT2D eigenvalue weighted by atomic mass is 35.5. The Morgan fingerprint density at radius 1 is 1.19 bits per heavy atom. The van der Waals surface area contributed by atoms with E-state index in [1.807, 2.05) is 0 Å². The molecule has 2 aromatic rings. The fourth-order valence-corrected chi connectivity index (χ4v) is 3.00. The molecule has 2 rings (SSSR count). The van der Waals surface area contributed by atoms with E-state index in [9.17, 15) is 17.2 Å². The molecule has 2 aromatic carbocycles. The number of nitrogens with one attached hydrogen (secondary N) is 1. The zero-order valence-electron chi connectivity index (χ0n) is 10.8. The molecule has 0 atom stereocenters. The molecule has 0 unspecified atom stereocenters. The van der Waals surface area contributed by atoms with Gasteiger partial charge in [0.05, 0.1) is 15.6 Å². The van der Waals surface area contributed by atoms with E-state index in [2.05, 4.69) is 4.72 Å². The molecule has 0 aromatic heterocycles. The van der Waals surface area contributed by atoms with E-state index in [-0.39, 0.29) is 26.9 Å². The van der Waals surface area contributed by atoms with E-state index in [4.69, 9.17) is 17.3 Å². The van der Waals surface area contributed by atoms with E-state index in [1.54, 1.807) is 0 Å². The van der Waals surface area contributed by atoms with Crippen LogP contribution in [-0.2, 0) is 10.0 Å². The van der Waals surface area contributed by atoms with Gasteiger partial charge in [-0.3, -0.25) is 4.72 Å². The van der Waals surface area contributed by atoms with Crippen LogP contribution in [0.4, 0.5) is 20.2 Å². The maximum Gasteiger partial charge on any atom is 0.262 e. The van der Waals surface area contributed by atoms with Crippen LogP contribution in [0.1, 0.15) is 5.56 Å². The minimum absolute atomic E-state index is 0.0144. The summed E-state index contributed by atoms with van der Waals surface area (Å²) in [5, 5.41) is -0.112. The molecule has 0 bridgehead atoms. The first kappa shape index (κ1) is 15.5. The minimum Gasteiger partial charge on any atom is -0.398 e. The molecule has 0 aliphatic rings. The van der Waals surface area contributed by atoms with Crippen LogP contribution in [0.15, 0.2) is 35.2 Å². The normalized spacial score (nSPS) is 11.4. The van der Waals surface area contributed by atoms with Crippen molar-refractivity contribution in [2.24, 2.45) is 0 Å². The highest BCUT2D eigenvalue weighted by Gasteiger charge is 2.19. The lowest BCUT2D eigenvalue weighted by molar-refractivity contribution is 0.593. The number of benzene rings is 2. The van der Waals surface area contributed by atoms with Crippen molar-refractivity contribution >= 4 is 33.0 Å². The lowest BCUT2D eigenvalue weighted by Gasteiger charge is -2.11. The van der Waals surface area contributed by atoms with E-state index < -0.39 is 21.7 Å². The Hall–Kier alpha value is -1.86. The maximum atomic E-state index is 13.6. The first-order valence-electron chi connectivity index (χ1n) is 5.74. The van der Waals surface area contributed by atoms with E-state index in [0.29, 0.717) is 0 Å². The Kier molecular flexibility index (Phi) is 4.06. The molecule has 4 nitrogen and oxygen atoms in total. The second kappa shape index (κ2) is 5.50. The highest BCUT2D eigenvalue weighted by molar-refractivity contribution is 7.92. The van der Waals surface area contributed by atoms with Gasteiger partial charge in [0.25, 0.3) is 10.0 Å². The van der Waals surface area contributed by atoms with Crippen LogP contribution in [0.5, 0.6) is 0 Å². The second-order valence-electron chi connectivity index (χ2n) is 4.35. The predicted molar refractivity (Wildman–Crippen MR) is 77.8 cm³/mol. The smallest absolute Gasteiger partial charge is 0.262 e. The molecule has 3 N–H and O–H groups in total. The van der Waals surface area contributed by atoms with Crippen LogP contribution in [0.2, 0.25) is 5.02 Å². The monoisotopic (exact) mass is 332 g/mol. The molecular weight excluding hydrogens is 322 g/mol. The van der Waals surface area contributed by atoms with Gasteiger partial charge in [-0.1, -0.05) is 11.6 Å². The summed E-state index contributed by atoms with van der Waals surface area (Å²) in [5.74, 6) is -1.34. The second-order valence-corrected chi connectivity index (χ2v) is 6.44. The molecule has 0 aliphatic heterocycles. The summed E-state index contributed by atoms with van der Waals surface area (Å²) in [6.07, 6.45) is 0. The Bertz CT molecular complexity index is 787. The molecule has 0 radical (unpaired) electrons. The Morgan fingerprint density at radius 2 is 1.86 bits per heavy atom. The van der Waals surface area contributed by atoms with Crippen LogP contribution in [0.25, 0.3) is 0 Å². The maximum absolute atomic E-state index is 13.6. The number of nitrogens with two attached hydrogens (primary N) is 1. The third-order valence-electron chi connectivity index (χ3n) is 2.84. The van der Waals surface area contributed by atoms with Crippen LogP contribution in [0, 0.1) is 18.6 Å². The molecule has 0 amide bonds. The van der Waals surface area contributed by atoms with Crippen molar-refractivity contribution in [1.82, 2.24) is 0 Å². The summed E-state index contributed by atoms with van der Waals surface area (Å²) in [4.78, 5) is -0.344. The van der Waals surface area contributed by atoms with E-state index in [0.717, 1.165) is 24.3 Å². The number of nitrogen functional groups attached to an aromatic ring is 1. The molecule has 8 heteroatoms. The van der Waals surface area contributed by atoms with Gasteiger partial charge in [0, 0.05) is 11.3 Å². The highest BCUT2D eigenvalue weighted by Crippen LogP contribution is 2.27. The van der Waals surface area contributed by atoms with Crippen molar-refractivity contribution in [2.75, 3.05) is 10.5 Å². The summed E-state index contributed by atoms with van der Waals surface area (Å²) in [6, 6.07) is 5.17. The first-order valence-corrected chi connectivity index (χ1v) is 7.60. The average molecular weight is 333 g/mol. The van der Waals surface area contributed by atoms with Gasteiger partial charge in [-0.2, -0.15) is 0 Å². The van der Waals surface area contributed by atoms with Crippen molar-refractivity contribution < 1.29 is 17.2 Å². The molecule has 0 spiro atoms. The SMILES string of the molecule is Cc1c(N)cc(S(=O)(=O)Nc2ccc(F)cc2Cl)cc1F. The molecule has 0 heterocycles. The molecule has 21 heavy (non-hydrogen) atoms. The standard InChI is InChI=1S/C13H11ClF2N2O2S/c1-7-11(16)5-9(6-12(7)17)21(19,20)18-13-3-2-8(15)4-10(13)14/h2-6,18H,17H2,1H3. The zero-order valence-corrected chi connectivity index (χ0v) is 12.4. The van der Waals surface area contributed by atoms with Gasteiger partial charge in [0.1, 0.15) is 11.6 Å². The summed E-state index contributed by atoms with van der Waals surface area (Å²) in [7, 11) is -4.09. The van der Waals surface area contributed by atoms with Gasteiger partial charge < -0.3 is 5.73 Å². The summed E-state index contributed by atoms with van der Waals surface area (Å²) in [6.45, 7) is 1.44. The molecule has 112 valence electrons. The number of halogens is 3. The Balaban J connectivity index is 2.43. The van der Waals surface area contributed by atoms with E-state index in [1.165, 1.54) is 13.0 Å². The largest absolute Gasteiger partial charge is 0.398 e. The number of anilines is 2. The average Bonchev–Trinajstić information content (AvgIpc) is 2.38. The van der Waals surface area contributed by atoms with Crippen LogP contribution < -0.4 is 10.5 Å². The fourth-order valence-electron chi connectivity index (χ4n) is 1.61.